The zero-order valence-electron chi connectivity index (χ0n) is 13.9. The van der Waals surface area contributed by atoms with Crippen molar-refractivity contribution in [3.8, 4) is 28.6 Å². The van der Waals surface area contributed by atoms with Crippen molar-refractivity contribution in [2.45, 2.75) is 13.8 Å². The molecule has 0 saturated carbocycles. The van der Waals surface area contributed by atoms with Gasteiger partial charge in [0.15, 0.2) is 0 Å². The van der Waals surface area contributed by atoms with Gasteiger partial charge in [-0.25, -0.2) is 4.98 Å². The second-order valence-electron chi connectivity index (χ2n) is 5.91. The number of imidazole rings is 1. The summed E-state index contributed by atoms with van der Waals surface area (Å²) >= 11 is 0. The molecule has 0 radical (unpaired) electrons. The number of pyridine rings is 3. The van der Waals surface area contributed by atoms with Gasteiger partial charge in [0.05, 0.1) is 17.6 Å². The number of fused-ring (bicyclic) bond motifs is 1. The highest BCUT2D eigenvalue weighted by Crippen LogP contribution is 2.30. The molecule has 0 unspecified atom stereocenters. The van der Waals surface area contributed by atoms with Gasteiger partial charge >= 0.3 is 0 Å². The minimum Gasteiger partial charge on any atom is -0.291 e. The number of aromatic nitrogens is 4. The lowest BCUT2D eigenvalue weighted by Gasteiger charge is -2.11. The molecule has 0 aliphatic heterocycles. The van der Waals surface area contributed by atoms with Crippen molar-refractivity contribution in [3.63, 3.8) is 0 Å². The van der Waals surface area contributed by atoms with Crippen molar-refractivity contribution in [1.82, 2.24) is 19.4 Å². The molecule has 4 aromatic rings. The van der Waals surface area contributed by atoms with E-state index in [0.29, 0.717) is 5.69 Å². The Morgan fingerprint density at radius 1 is 0.960 bits per heavy atom. The van der Waals surface area contributed by atoms with Gasteiger partial charge in [-0.15, -0.1) is 0 Å². The minimum atomic E-state index is 0.507. The fraction of sp³-hybridized carbons (Fsp3) is 0.100. The van der Waals surface area contributed by atoms with Crippen LogP contribution in [0.4, 0.5) is 0 Å². The zero-order valence-corrected chi connectivity index (χ0v) is 13.9. The van der Waals surface area contributed by atoms with Crippen LogP contribution in [0, 0.1) is 25.2 Å². The molecule has 0 fully saturated rings. The molecule has 0 aliphatic rings. The van der Waals surface area contributed by atoms with E-state index < -0.39 is 0 Å². The largest absolute Gasteiger partial charge is 0.291 e. The van der Waals surface area contributed by atoms with Crippen LogP contribution in [-0.2, 0) is 0 Å². The van der Waals surface area contributed by atoms with Crippen molar-refractivity contribution in [3.05, 3.63) is 71.9 Å². The molecule has 4 heterocycles. The Labute approximate surface area is 145 Å². The molecule has 120 valence electrons. The Bertz CT molecular complexity index is 1130. The molecule has 0 saturated heterocycles. The first-order valence-electron chi connectivity index (χ1n) is 7.95. The third-order valence-electron chi connectivity index (χ3n) is 4.10. The Balaban J connectivity index is 1.96. The number of nitrogens with zero attached hydrogens (tertiary/aromatic N) is 5. The predicted molar refractivity (Wildman–Crippen MR) is 95.8 cm³/mol. The van der Waals surface area contributed by atoms with E-state index >= 15 is 0 Å². The third-order valence-corrected chi connectivity index (χ3v) is 4.10. The quantitative estimate of drug-likeness (QED) is 0.560. The normalized spacial score (nSPS) is 10.8. The van der Waals surface area contributed by atoms with E-state index in [0.717, 1.165) is 39.5 Å². The SMILES string of the molecule is Cc1cccc(-c2nc(C)ccc2-c2ccc3ncc(C#N)n3c2)n1. The Morgan fingerprint density at radius 3 is 2.60 bits per heavy atom. The lowest BCUT2D eigenvalue weighted by Crippen LogP contribution is -1.96. The minimum absolute atomic E-state index is 0.507. The fourth-order valence-corrected chi connectivity index (χ4v) is 2.88. The molecule has 4 aromatic heterocycles. The van der Waals surface area contributed by atoms with Gasteiger partial charge in [0, 0.05) is 28.7 Å². The van der Waals surface area contributed by atoms with Crippen LogP contribution in [0.15, 0.2) is 54.9 Å². The van der Waals surface area contributed by atoms with E-state index in [-0.39, 0.29) is 0 Å². The first-order chi connectivity index (χ1) is 12.2. The molecule has 0 spiro atoms. The van der Waals surface area contributed by atoms with Crippen LogP contribution in [-0.4, -0.2) is 19.4 Å². The van der Waals surface area contributed by atoms with Crippen LogP contribution in [0.5, 0.6) is 0 Å². The highest BCUT2D eigenvalue weighted by molar-refractivity contribution is 5.79. The first-order valence-corrected chi connectivity index (χ1v) is 7.95. The molecular formula is C20H15N5. The van der Waals surface area contributed by atoms with Crippen LogP contribution < -0.4 is 0 Å². The topological polar surface area (TPSA) is 66.9 Å². The van der Waals surface area contributed by atoms with Crippen molar-refractivity contribution in [2.75, 3.05) is 0 Å². The van der Waals surface area contributed by atoms with Crippen LogP contribution in [0.1, 0.15) is 17.1 Å². The van der Waals surface area contributed by atoms with Crippen LogP contribution in [0.25, 0.3) is 28.2 Å². The molecule has 0 atom stereocenters. The van der Waals surface area contributed by atoms with Gasteiger partial charge in [-0.2, -0.15) is 5.26 Å². The first kappa shape index (κ1) is 15.0. The lowest BCUT2D eigenvalue weighted by molar-refractivity contribution is 1.13. The molecule has 0 amide bonds. The van der Waals surface area contributed by atoms with Crippen LogP contribution in [0.2, 0.25) is 0 Å². The summed E-state index contributed by atoms with van der Waals surface area (Å²) in [6.07, 6.45) is 3.50. The highest BCUT2D eigenvalue weighted by atomic mass is 15.0. The fourth-order valence-electron chi connectivity index (χ4n) is 2.88. The van der Waals surface area contributed by atoms with E-state index in [9.17, 15) is 5.26 Å². The second kappa shape index (κ2) is 5.84. The molecule has 0 N–H and O–H groups in total. The van der Waals surface area contributed by atoms with E-state index in [1.807, 2.05) is 62.5 Å². The predicted octanol–water partition coefficient (Wildman–Crippen LogP) is 3.95. The van der Waals surface area contributed by atoms with Crippen molar-refractivity contribution >= 4 is 5.65 Å². The summed E-state index contributed by atoms with van der Waals surface area (Å²) in [7, 11) is 0. The van der Waals surface area contributed by atoms with Gasteiger partial charge in [0.25, 0.3) is 0 Å². The van der Waals surface area contributed by atoms with Crippen LogP contribution >= 0.6 is 0 Å². The van der Waals surface area contributed by atoms with Crippen molar-refractivity contribution in [1.29, 1.82) is 5.26 Å². The number of nitriles is 1. The standard InChI is InChI=1S/C20H15N5/c1-13-4-3-5-18(23-13)20-17(8-6-14(2)24-20)15-7-9-19-22-11-16(10-21)25(19)12-15/h3-9,11-12H,1-2H3. The maximum absolute atomic E-state index is 9.25. The number of aryl methyl sites for hydroxylation is 2. The lowest BCUT2D eigenvalue weighted by atomic mass is 10.0. The molecule has 0 aliphatic carbocycles. The number of rotatable bonds is 2. The number of hydrogen-bond acceptors (Lipinski definition) is 4. The summed E-state index contributed by atoms with van der Waals surface area (Å²) < 4.78 is 1.79. The summed E-state index contributed by atoms with van der Waals surface area (Å²) in [5.74, 6) is 0. The van der Waals surface area contributed by atoms with E-state index in [1.54, 1.807) is 10.6 Å². The maximum Gasteiger partial charge on any atom is 0.144 e. The molecule has 25 heavy (non-hydrogen) atoms. The number of hydrogen-bond donors (Lipinski definition) is 0. The monoisotopic (exact) mass is 325 g/mol. The Morgan fingerprint density at radius 2 is 1.80 bits per heavy atom. The molecule has 0 bridgehead atoms. The summed E-state index contributed by atoms with van der Waals surface area (Å²) in [5, 5.41) is 9.25. The van der Waals surface area contributed by atoms with Crippen molar-refractivity contribution in [2.24, 2.45) is 0 Å². The Kier molecular flexibility index (Phi) is 3.51. The van der Waals surface area contributed by atoms with Gasteiger partial charge < -0.3 is 0 Å². The average Bonchev–Trinajstić information content (AvgIpc) is 3.04. The van der Waals surface area contributed by atoms with E-state index in [4.69, 9.17) is 4.98 Å². The van der Waals surface area contributed by atoms with E-state index in [2.05, 4.69) is 16.0 Å². The average molecular weight is 325 g/mol. The molecule has 5 nitrogen and oxygen atoms in total. The summed E-state index contributed by atoms with van der Waals surface area (Å²) in [6, 6.07) is 16.0. The van der Waals surface area contributed by atoms with Gasteiger partial charge in [0.1, 0.15) is 17.4 Å². The molecule has 4 rings (SSSR count). The molecule has 5 heteroatoms. The Hall–Kier alpha value is -3.52. The van der Waals surface area contributed by atoms with Gasteiger partial charge in [0.2, 0.25) is 0 Å². The highest BCUT2D eigenvalue weighted by Gasteiger charge is 2.13. The second-order valence-corrected chi connectivity index (χ2v) is 5.91. The van der Waals surface area contributed by atoms with E-state index in [1.165, 1.54) is 0 Å². The van der Waals surface area contributed by atoms with Crippen molar-refractivity contribution < 1.29 is 0 Å². The van der Waals surface area contributed by atoms with Gasteiger partial charge in [-0.1, -0.05) is 12.1 Å². The van der Waals surface area contributed by atoms with Gasteiger partial charge in [-0.05, 0) is 44.2 Å². The van der Waals surface area contributed by atoms with Gasteiger partial charge in [-0.3, -0.25) is 14.4 Å². The van der Waals surface area contributed by atoms with Crippen LogP contribution in [0.3, 0.4) is 0 Å². The summed E-state index contributed by atoms with van der Waals surface area (Å²) in [4.78, 5) is 13.6. The zero-order chi connectivity index (χ0) is 17.4. The summed E-state index contributed by atoms with van der Waals surface area (Å²) in [5.41, 5.74) is 6.75. The molecular weight excluding hydrogens is 310 g/mol. The summed E-state index contributed by atoms with van der Waals surface area (Å²) in [6.45, 7) is 3.94. The smallest absolute Gasteiger partial charge is 0.144 e. The molecule has 0 aromatic carbocycles. The third kappa shape index (κ3) is 2.64. The maximum atomic E-state index is 9.25.